The summed E-state index contributed by atoms with van der Waals surface area (Å²) in [5.74, 6) is 0.823. The lowest BCUT2D eigenvalue weighted by Gasteiger charge is -2.31. The Kier molecular flexibility index (Phi) is 6.67. The molecule has 158 valence electrons. The van der Waals surface area contributed by atoms with Crippen molar-refractivity contribution in [1.29, 1.82) is 0 Å². The van der Waals surface area contributed by atoms with Gasteiger partial charge in [-0.25, -0.2) is 4.79 Å². The molecule has 1 saturated heterocycles. The molecule has 3 amide bonds. The second kappa shape index (κ2) is 9.43. The average molecular weight is 540 g/mol. The fraction of sp³-hybridized carbons (Fsp3) is 0.364. The molecular formula is C22H23ClIN3O3. The number of likely N-dealkylation sites (tertiary alicyclic amines) is 1. The molecule has 0 saturated carbocycles. The molecule has 1 unspecified atom stereocenters. The van der Waals surface area contributed by atoms with Crippen molar-refractivity contribution in [1.82, 2.24) is 13.3 Å². The first-order valence-corrected chi connectivity index (χ1v) is 11.3. The number of halogens is 2. The van der Waals surface area contributed by atoms with Gasteiger partial charge in [0.2, 0.25) is 0 Å². The summed E-state index contributed by atoms with van der Waals surface area (Å²) >= 11 is 7.96. The normalized spacial score (nSPS) is 20.3. The van der Waals surface area contributed by atoms with E-state index in [2.05, 4.69) is 5.32 Å². The molecule has 8 heteroatoms. The molecule has 2 aromatic carbocycles. The number of carbonyl (C=O) groups excluding carboxylic acids is 2. The molecule has 0 aliphatic carbocycles. The lowest BCUT2D eigenvalue weighted by Crippen LogP contribution is -2.53. The first-order valence-electron chi connectivity index (χ1n) is 10.0. The number of nitrogens with zero attached hydrogens (tertiary/aromatic N) is 2. The first-order chi connectivity index (χ1) is 14.5. The predicted octanol–water partition coefficient (Wildman–Crippen LogP) is 4.20. The zero-order valence-electron chi connectivity index (χ0n) is 16.4. The van der Waals surface area contributed by atoms with Crippen molar-refractivity contribution in [2.45, 2.75) is 37.9 Å². The van der Waals surface area contributed by atoms with Gasteiger partial charge in [0.05, 0.1) is 35.5 Å². The third-order valence-corrected chi connectivity index (χ3v) is 6.55. The van der Waals surface area contributed by atoms with Gasteiger partial charge in [-0.2, -0.15) is 0 Å². The Labute approximate surface area is 195 Å². The zero-order chi connectivity index (χ0) is 21.1. The molecule has 1 N–H and O–H groups in total. The van der Waals surface area contributed by atoms with Crippen LogP contribution in [0.1, 0.15) is 24.0 Å². The van der Waals surface area contributed by atoms with Gasteiger partial charge in [0, 0.05) is 11.6 Å². The van der Waals surface area contributed by atoms with Gasteiger partial charge in [0.1, 0.15) is 18.4 Å². The van der Waals surface area contributed by atoms with E-state index in [1.165, 1.54) is 0 Å². The Morgan fingerprint density at radius 1 is 1.20 bits per heavy atom. The minimum Gasteiger partial charge on any atom is -0.491 e. The van der Waals surface area contributed by atoms with Gasteiger partial charge in [-0.1, -0.05) is 41.9 Å². The van der Waals surface area contributed by atoms with E-state index in [0.717, 1.165) is 29.7 Å². The molecule has 0 aromatic heterocycles. The lowest BCUT2D eigenvalue weighted by atomic mass is 10.0. The Bertz CT molecular complexity index is 924. The van der Waals surface area contributed by atoms with E-state index in [9.17, 15) is 9.59 Å². The fourth-order valence-corrected chi connectivity index (χ4v) is 4.78. The maximum Gasteiger partial charge on any atom is 0.318 e. The largest absolute Gasteiger partial charge is 0.491 e. The standard InChI is InChI=1S/C22H23ClIN3O3/c23-17-9-7-15(8-10-17)13-27(24)21(28)19-5-3-11-26(19)22(29)25-18-12-16-4-1-2-6-20(16)30-14-18/h1-2,4,6-10,18-19H,3,5,11-14H2,(H,25,29)/t18?,19-/m1/s1. The molecule has 2 atom stereocenters. The lowest BCUT2D eigenvalue weighted by molar-refractivity contribution is -0.129. The molecule has 0 radical (unpaired) electrons. The summed E-state index contributed by atoms with van der Waals surface area (Å²) in [6.07, 6.45) is 2.22. The van der Waals surface area contributed by atoms with Gasteiger partial charge in [0.25, 0.3) is 5.91 Å². The van der Waals surface area contributed by atoms with E-state index < -0.39 is 6.04 Å². The predicted molar refractivity (Wildman–Crippen MR) is 124 cm³/mol. The molecule has 1 fully saturated rings. The third kappa shape index (κ3) is 4.83. The molecule has 2 aliphatic rings. The number of hydrogen-bond donors (Lipinski definition) is 1. The van der Waals surface area contributed by atoms with Crippen molar-refractivity contribution in [3.8, 4) is 5.75 Å². The van der Waals surface area contributed by atoms with E-state index in [1.54, 1.807) is 8.01 Å². The number of hydrogen-bond acceptors (Lipinski definition) is 3. The number of carbonyl (C=O) groups is 2. The van der Waals surface area contributed by atoms with Gasteiger partial charge in [-0.15, -0.1) is 0 Å². The van der Waals surface area contributed by atoms with Crippen LogP contribution in [0.3, 0.4) is 0 Å². The van der Waals surface area contributed by atoms with Crippen LogP contribution in [0.25, 0.3) is 0 Å². The summed E-state index contributed by atoms with van der Waals surface area (Å²) in [5, 5.41) is 3.72. The molecule has 2 aromatic rings. The second-order valence-electron chi connectivity index (χ2n) is 7.61. The first kappa shape index (κ1) is 21.2. The fourth-order valence-electron chi connectivity index (χ4n) is 3.93. The second-order valence-corrected chi connectivity index (χ2v) is 9.21. The maximum absolute atomic E-state index is 13.0. The molecular weight excluding hydrogens is 517 g/mol. The number of nitrogens with one attached hydrogen (secondary N) is 1. The van der Waals surface area contributed by atoms with Gasteiger partial charge in [0.15, 0.2) is 0 Å². The van der Waals surface area contributed by atoms with Crippen LogP contribution in [0, 0.1) is 0 Å². The summed E-state index contributed by atoms with van der Waals surface area (Å²) in [6, 6.07) is 14.6. The van der Waals surface area contributed by atoms with E-state index >= 15 is 0 Å². The molecule has 0 bridgehead atoms. The molecule has 4 rings (SSSR count). The molecule has 2 heterocycles. The number of fused-ring (bicyclic) bond motifs is 1. The van der Waals surface area contributed by atoms with Crippen molar-refractivity contribution in [2.24, 2.45) is 0 Å². The van der Waals surface area contributed by atoms with Crippen LogP contribution >= 0.6 is 34.5 Å². The summed E-state index contributed by atoms with van der Waals surface area (Å²) in [7, 11) is 0. The topological polar surface area (TPSA) is 61.9 Å². The quantitative estimate of drug-likeness (QED) is 0.468. The Balaban J connectivity index is 1.36. The van der Waals surface area contributed by atoms with Gasteiger partial charge in [-0.3, -0.25) is 7.91 Å². The number of para-hydroxylation sites is 1. The van der Waals surface area contributed by atoms with Crippen LogP contribution in [0.2, 0.25) is 5.02 Å². The van der Waals surface area contributed by atoms with Gasteiger partial charge < -0.3 is 15.0 Å². The van der Waals surface area contributed by atoms with Crippen molar-refractivity contribution in [3.05, 3.63) is 64.7 Å². The SMILES string of the molecule is O=C([C@H]1CCCN1C(=O)NC1COc2ccccc2C1)N(I)Cc1ccc(Cl)cc1. The number of urea groups is 1. The smallest absolute Gasteiger partial charge is 0.318 e. The monoisotopic (exact) mass is 539 g/mol. The van der Waals surface area contributed by atoms with Crippen LogP contribution in [-0.2, 0) is 17.8 Å². The van der Waals surface area contributed by atoms with Crippen LogP contribution in [0.5, 0.6) is 5.75 Å². The van der Waals surface area contributed by atoms with Crippen LogP contribution in [-0.4, -0.2) is 45.2 Å². The van der Waals surface area contributed by atoms with Crippen LogP contribution < -0.4 is 10.1 Å². The zero-order valence-corrected chi connectivity index (χ0v) is 19.3. The molecule has 2 aliphatic heterocycles. The highest BCUT2D eigenvalue weighted by Crippen LogP contribution is 2.26. The van der Waals surface area contributed by atoms with Gasteiger partial charge in [-0.05, 0) is 48.6 Å². The third-order valence-electron chi connectivity index (χ3n) is 5.48. The molecule has 30 heavy (non-hydrogen) atoms. The van der Waals surface area contributed by atoms with E-state index in [-0.39, 0.29) is 18.0 Å². The average Bonchev–Trinajstić information content (AvgIpc) is 3.25. The summed E-state index contributed by atoms with van der Waals surface area (Å²) < 4.78 is 7.42. The minimum atomic E-state index is -0.439. The summed E-state index contributed by atoms with van der Waals surface area (Å²) in [4.78, 5) is 27.6. The number of ether oxygens (including phenoxy) is 1. The number of amides is 3. The van der Waals surface area contributed by atoms with E-state index in [4.69, 9.17) is 16.3 Å². The van der Waals surface area contributed by atoms with Crippen molar-refractivity contribution < 1.29 is 14.3 Å². The van der Waals surface area contributed by atoms with Crippen molar-refractivity contribution in [3.63, 3.8) is 0 Å². The summed E-state index contributed by atoms with van der Waals surface area (Å²) in [6.45, 7) is 1.48. The molecule has 6 nitrogen and oxygen atoms in total. The Hall–Kier alpha value is -2.00. The number of rotatable bonds is 4. The van der Waals surface area contributed by atoms with Crippen LogP contribution in [0.4, 0.5) is 4.79 Å². The highest BCUT2D eigenvalue weighted by Gasteiger charge is 2.37. The van der Waals surface area contributed by atoms with Crippen LogP contribution in [0.15, 0.2) is 48.5 Å². The maximum atomic E-state index is 13.0. The van der Waals surface area contributed by atoms with E-state index in [1.807, 2.05) is 71.4 Å². The van der Waals surface area contributed by atoms with Crippen molar-refractivity contribution in [2.75, 3.05) is 13.2 Å². The highest BCUT2D eigenvalue weighted by atomic mass is 127. The molecule has 0 spiro atoms. The van der Waals surface area contributed by atoms with Crippen molar-refractivity contribution >= 4 is 46.4 Å². The van der Waals surface area contributed by atoms with Gasteiger partial charge >= 0.3 is 6.03 Å². The van der Waals surface area contributed by atoms with E-state index in [0.29, 0.717) is 31.1 Å². The number of benzene rings is 2. The Morgan fingerprint density at radius 3 is 2.77 bits per heavy atom. The Morgan fingerprint density at radius 2 is 1.97 bits per heavy atom. The minimum absolute atomic E-state index is 0.0524. The summed E-state index contributed by atoms with van der Waals surface area (Å²) in [5.41, 5.74) is 2.08. The highest BCUT2D eigenvalue weighted by molar-refractivity contribution is 14.1.